The van der Waals surface area contributed by atoms with Gasteiger partial charge < -0.3 is 12.3 Å². The predicted molar refractivity (Wildman–Crippen MR) is 408 cm³/mol. The van der Waals surface area contributed by atoms with Crippen molar-refractivity contribution in [3.8, 4) is 0 Å². The van der Waals surface area contributed by atoms with Gasteiger partial charge in [0.15, 0.2) is 15.5 Å². The number of anilines is 1. The maximum Gasteiger partial charge on any atom is 1.00 e. The first-order chi connectivity index (χ1) is 44.1. The number of hydrogen-bond donors (Lipinski definition) is 5. The van der Waals surface area contributed by atoms with Gasteiger partial charge in [0.2, 0.25) is 20.0 Å². The van der Waals surface area contributed by atoms with Crippen molar-refractivity contribution in [2.75, 3.05) is 25.6 Å². The number of sulfone groups is 1. The minimum atomic E-state index is -3.69. The summed E-state index contributed by atoms with van der Waals surface area (Å²) in [5, 5.41) is 21.4. The third kappa shape index (κ3) is 25.2. The second kappa shape index (κ2) is 41.6. The number of nitrogens with two attached hydrogens (primary N) is 2. The Labute approximate surface area is 712 Å². The van der Waals surface area contributed by atoms with Crippen LogP contribution in [0.3, 0.4) is 0 Å². The van der Waals surface area contributed by atoms with Crippen molar-refractivity contribution in [3.63, 3.8) is 0 Å². The van der Waals surface area contributed by atoms with Crippen molar-refractivity contribution in [1.82, 2.24) is 13.3 Å². The quantitative estimate of drug-likeness (QED) is 0.0269. The summed E-state index contributed by atoms with van der Waals surface area (Å²) >= 11 is 38.9. The molecule has 41 heteroatoms. The Balaban J connectivity index is 0.000000556. The van der Waals surface area contributed by atoms with Crippen molar-refractivity contribution in [2.24, 2.45) is 5.11 Å². The molecule has 97 heavy (non-hydrogen) atoms. The van der Waals surface area contributed by atoms with Crippen LogP contribution in [0.5, 0.6) is 0 Å². The molecule has 0 aromatic heterocycles. The standard InChI is InChI=1S/C8H6BrNO3S.C8H8BrNO2S.C8H7BrO3S.C7H6Br2.C7H6BrNO2S.C6H3Br2ClO2S.C6H4Br2N2.C6H5Br2N.HNO2.2Na.H/c1-10-8(11)5-3-2-4-6(9)7(5)14(10,12)13;1-10-5-6-3-2-4-7(9)8(6)13(10,11)12;9-6-3-1-2-5-7(10)4-13(11,12)8(5)6;1-5-6(8)3-2-4-7(5)9;8-6-3-1-2-5-4-9-12(10,11)7(5)6;7-4-2-1-3-5(8)6(4)12(9,10)11;7-4-2-1-3-5(8)6(4)10-9;7-4-2-1-3-5(8)6(4)9;2-1-3;;;/h2-4H,1H3;2-4H,5H2,1H3;1-3,7,10H,4H2;2-4H,1H3;1-3,9H,4H2;1-3H;1-3,9H;1-3H,9H2;1H;;;/q;;;;;;;;;2*+1;-1/p+1. The molecule has 0 aliphatic carbocycles. The topological polar surface area (TPSA) is 345 Å². The molecule has 0 fully saturated rings. The normalized spacial score (nSPS) is 15.3. The van der Waals surface area contributed by atoms with Crippen LogP contribution in [0.4, 0.5) is 11.4 Å². The predicted octanol–water partition coefficient (Wildman–Crippen LogP) is 9.28. The Hall–Kier alpha value is -0.290. The molecule has 21 nitrogen and oxygen atoms in total. The Morgan fingerprint density at radius 2 is 0.959 bits per heavy atom. The van der Waals surface area contributed by atoms with Crippen LogP contribution < -0.4 is 80.4 Å². The van der Waals surface area contributed by atoms with Gasteiger partial charge in [-0.25, -0.2) is 51.1 Å². The fourth-order valence-electron chi connectivity index (χ4n) is 7.96. The van der Waals surface area contributed by atoms with E-state index in [1.54, 1.807) is 73.8 Å². The van der Waals surface area contributed by atoms with Gasteiger partial charge in [-0.1, -0.05) is 98.6 Å². The second-order valence-electron chi connectivity index (χ2n) is 18.6. The van der Waals surface area contributed by atoms with E-state index in [4.69, 9.17) is 32.1 Å². The number of nitrogen functional groups attached to an aromatic ring is 1. The molecule has 0 bridgehead atoms. The van der Waals surface area contributed by atoms with Gasteiger partial charge in [-0.05, 0) is 267 Å². The summed E-state index contributed by atoms with van der Waals surface area (Å²) in [5.41, 5.74) is 15.8. The van der Waals surface area contributed by atoms with E-state index in [0.29, 0.717) is 55.3 Å². The number of carbonyl (C=O) groups excluding carboxylic acids is 1. The van der Waals surface area contributed by atoms with E-state index in [-0.39, 0.29) is 91.9 Å². The number of para-hydroxylation sites is 1. The largest absolute Gasteiger partial charge is 1.00 e. The van der Waals surface area contributed by atoms with Crippen LogP contribution in [0.25, 0.3) is 0 Å². The summed E-state index contributed by atoms with van der Waals surface area (Å²) < 4.78 is 128. The molecule has 1 atom stereocenters. The number of hydrogen-bond acceptors (Lipinski definition) is 16. The minimum Gasteiger partial charge on any atom is -1.00 e. The van der Waals surface area contributed by atoms with Gasteiger partial charge in [-0.3, -0.25) is 14.9 Å². The van der Waals surface area contributed by atoms with E-state index in [0.717, 1.165) is 53.6 Å². The van der Waals surface area contributed by atoms with Crippen molar-refractivity contribution >= 4 is 268 Å². The third-order valence-electron chi connectivity index (χ3n) is 12.5. The maximum atomic E-state index is 11.7. The number of fused-ring (bicyclic) bond motifs is 4. The van der Waals surface area contributed by atoms with Crippen molar-refractivity contribution in [3.05, 3.63) is 237 Å². The number of halogens is 13. The van der Waals surface area contributed by atoms with Crippen LogP contribution in [0, 0.1) is 17.0 Å². The molecule has 1 unspecified atom stereocenters. The van der Waals surface area contributed by atoms with Gasteiger partial charge in [0.1, 0.15) is 19.6 Å². The van der Waals surface area contributed by atoms with Crippen LogP contribution in [-0.4, -0.2) is 81.6 Å². The molecule has 4 aliphatic heterocycles. The molecule has 0 radical (unpaired) electrons. The van der Waals surface area contributed by atoms with Crippen molar-refractivity contribution < 1.29 is 123 Å². The molecule has 0 saturated heterocycles. The number of nitrogens with zero attached hydrogens (tertiary/aromatic N) is 3. The van der Waals surface area contributed by atoms with Crippen LogP contribution in [-0.2, 0) is 62.0 Å². The fourth-order valence-corrected chi connectivity index (χ4v) is 25.0. The average Bonchev–Trinajstić information content (AvgIpc) is 1.65. The Bertz CT molecular complexity index is 4660. The second-order valence-corrected chi connectivity index (χ2v) is 39.0. The summed E-state index contributed by atoms with van der Waals surface area (Å²) in [7, 11) is -9.04. The van der Waals surface area contributed by atoms with Gasteiger partial charge in [-0.2, -0.15) is 9.84 Å². The summed E-state index contributed by atoms with van der Waals surface area (Å²) in [6.45, 7) is 2.93. The van der Waals surface area contributed by atoms with E-state index in [2.05, 4.69) is 208 Å². The van der Waals surface area contributed by atoms with E-state index >= 15 is 0 Å². The van der Waals surface area contributed by atoms with Crippen molar-refractivity contribution in [2.45, 2.75) is 50.6 Å². The van der Waals surface area contributed by atoms with Gasteiger partial charge in [-0.15, -0.1) is 0 Å². The summed E-state index contributed by atoms with van der Waals surface area (Å²) in [4.78, 5) is 20.8. The molecule has 0 saturated carbocycles. The fraction of sp³-hybridized carbons (Fsp3) is 0.125. The molecular weight excluding hydrogens is 2200 g/mol. The maximum absolute atomic E-state index is 11.7. The van der Waals surface area contributed by atoms with E-state index in [9.17, 15) is 52.0 Å². The third-order valence-corrected chi connectivity index (χ3v) is 30.9. The Morgan fingerprint density at radius 3 is 1.34 bits per heavy atom. The molecule has 8 aromatic rings. The first-order valence-corrected chi connectivity index (χ1v) is 43.3. The smallest absolute Gasteiger partial charge is 1.00 e. The monoisotopic (exact) mass is 2230 g/mol. The minimum absolute atomic E-state index is 0. The first-order valence-electron chi connectivity index (χ1n) is 25.5. The zero-order valence-electron chi connectivity index (χ0n) is 51.3. The molecule has 8 aromatic carbocycles. The summed E-state index contributed by atoms with van der Waals surface area (Å²) in [5.74, 6) is -0.688. The van der Waals surface area contributed by atoms with Crippen LogP contribution in [0.15, 0.2) is 229 Å². The van der Waals surface area contributed by atoms with Gasteiger partial charge in [0, 0.05) is 93.5 Å². The number of amides is 1. The summed E-state index contributed by atoms with van der Waals surface area (Å²) in [6.07, 6.45) is -0.877. The zero-order chi connectivity index (χ0) is 71.9. The molecule has 4 heterocycles. The van der Waals surface area contributed by atoms with Gasteiger partial charge >= 0.3 is 59.1 Å². The number of benzene rings is 8. The number of carbonyl (C=O) groups is 1. The number of aliphatic hydroxyl groups is 1. The number of aliphatic hydroxyl groups excluding tert-OH is 1. The molecule has 7 N–H and O–H groups in total. The van der Waals surface area contributed by atoms with E-state index in [1.807, 2.05) is 72.8 Å². The molecule has 12 rings (SSSR count). The Kier molecular flexibility index (Phi) is 39.8. The molecular formula is C56H48Br12ClN7Na2O14S5+2. The van der Waals surface area contributed by atoms with Crippen LogP contribution in [0.1, 0.15) is 40.1 Å². The average molecular weight is 2240 g/mol. The zero-order valence-corrected chi connectivity index (χ0v) is 78.1. The Morgan fingerprint density at radius 1 is 0.588 bits per heavy atom. The van der Waals surface area contributed by atoms with E-state index in [1.165, 1.54) is 23.0 Å². The number of sulfonamides is 3. The molecule has 0 spiro atoms. The van der Waals surface area contributed by atoms with Gasteiger partial charge in [0.05, 0.1) is 36.9 Å². The molecule has 4 aliphatic rings. The van der Waals surface area contributed by atoms with Gasteiger partial charge in [0.25, 0.3) is 25.0 Å². The van der Waals surface area contributed by atoms with Crippen molar-refractivity contribution in [1.29, 1.82) is 0 Å². The molecule has 512 valence electrons. The number of nitrogens with one attached hydrogen (secondary N) is 2. The first kappa shape index (κ1) is 92.8. The van der Waals surface area contributed by atoms with E-state index < -0.39 is 61.0 Å². The number of rotatable bonds is 2. The van der Waals surface area contributed by atoms with Crippen LogP contribution >= 0.6 is 202 Å². The SMILES string of the molecule is CN1C(=O)c2cccc(Br)c2S1(=O)=O.CN1Cc2cccc(Br)c2S1(=O)=O.Cc1c(Br)cccc1Br.Nc1c(Br)cccc1Br.O=S(=O)(Cl)c1c(Br)cccc1Br.O=S1(=O)CC(O)c2cccc(Br)c21.O=S1(=O)NCc2cccc(Br)c21.O=[NH+][O-].[H-].[NH2+]=Nc1c(Br)cccc1Br.[Na+].[Na+]. The molecule has 1 amide bonds. The van der Waals surface area contributed by atoms with Crippen LogP contribution in [0.2, 0.25) is 0 Å². The summed E-state index contributed by atoms with van der Waals surface area (Å²) in [6, 6.07) is 42.9.